The molecule has 4 aromatic carbocycles. The van der Waals surface area contributed by atoms with Crippen molar-refractivity contribution in [1.29, 1.82) is 0 Å². The largest absolute Gasteiger partial charge is 0.404 e. The topological polar surface area (TPSA) is 81.0 Å². The number of nitrogens with zero attached hydrogens (tertiary/aromatic N) is 9. The molecular weight excluding hydrogens is 534 g/mol. The third-order valence-electron chi connectivity index (χ3n) is 7.86. The first-order valence-electron chi connectivity index (χ1n) is 14.0. The third-order valence-corrected chi connectivity index (χ3v) is 7.86. The van der Waals surface area contributed by atoms with Crippen molar-refractivity contribution in [3.8, 4) is 22.5 Å². The van der Waals surface area contributed by atoms with Crippen molar-refractivity contribution in [2.24, 2.45) is 48.6 Å². The van der Waals surface area contributed by atoms with Gasteiger partial charge in [0.25, 0.3) is 0 Å². The van der Waals surface area contributed by atoms with Crippen molar-refractivity contribution in [2.75, 3.05) is 0 Å². The molecule has 0 aliphatic carbocycles. The van der Waals surface area contributed by atoms with Gasteiger partial charge in [-0.25, -0.2) is 4.57 Å². The van der Waals surface area contributed by atoms with E-state index in [0.29, 0.717) is 11.9 Å². The van der Waals surface area contributed by atoms with Crippen molar-refractivity contribution >= 4 is 45.1 Å². The number of para-hydroxylation sites is 2. The molecule has 0 aliphatic rings. The number of aromatic nitrogens is 5. The molecular formula is C34H30N9+. The molecule has 0 amide bonds. The van der Waals surface area contributed by atoms with E-state index in [1.165, 1.54) is 0 Å². The summed E-state index contributed by atoms with van der Waals surface area (Å²) in [5.74, 6) is 0.965. The lowest BCUT2D eigenvalue weighted by atomic mass is 10.1. The fraction of sp³-hybridized carbons (Fsp3) is 0.118. The van der Waals surface area contributed by atoms with Gasteiger partial charge < -0.3 is 9.13 Å². The van der Waals surface area contributed by atoms with Crippen LogP contribution in [0.4, 0.5) is 23.3 Å². The van der Waals surface area contributed by atoms with Gasteiger partial charge >= 0.3 is 11.9 Å². The summed E-state index contributed by atoms with van der Waals surface area (Å²) in [4.78, 5) is 0. The molecule has 0 N–H and O–H groups in total. The van der Waals surface area contributed by atoms with Gasteiger partial charge in [-0.15, -0.1) is 4.68 Å². The minimum atomic E-state index is 0.421. The standard InChI is InChI=1S/C34H30N9/c1-40-27-21-13-11-19-25(27)29(31(40)23-15-7-5-8-16-23)35-37-33-39-43(4)34(42(33)3)38-36-30-26-20-12-14-22-28(26)41(2)32(30)24-17-9-6-10-18-24/h5-22H,1-4H3/q+1. The number of azo groups is 2. The zero-order valence-corrected chi connectivity index (χ0v) is 24.4. The molecule has 3 aromatic heterocycles. The molecule has 7 aromatic rings. The smallest absolute Gasteiger partial charge is 0.342 e. The first kappa shape index (κ1) is 26.2. The molecule has 0 radical (unpaired) electrons. The van der Waals surface area contributed by atoms with E-state index in [1.807, 2.05) is 74.8 Å². The number of aryl methyl sites for hydroxylation is 3. The summed E-state index contributed by atoms with van der Waals surface area (Å²) in [6.07, 6.45) is 0. The van der Waals surface area contributed by atoms with Crippen LogP contribution in [0.3, 0.4) is 0 Å². The maximum absolute atomic E-state index is 4.80. The average molecular weight is 565 g/mol. The van der Waals surface area contributed by atoms with Gasteiger partial charge in [-0.1, -0.05) is 107 Å². The Balaban J connectivity index is 1.31. The summed E-state index contributed by atoms with van der Waals surface area (Å²) in [5.41, 5.74) is 7.90. The molecule has 7 rings (SSSR count). The first-order valence-corrected chi connectivity index (χ1v) is 14.0. The quantitative estimate of drug-likeness (QED) is 0.147. The van der Waals surface area contributed by atoms with Crippen LogP contribution >= 0.6 is 0 Å². The fourth-order valence-corrected chi connectivity index (χ4v) is 5.76. The third kappa shape index (κ3) is 4.42. The van der Waals surface area contributed by atoms with Crippen molar-refractivity contribution in [3.63, 3.8) is 0 Å². The van der Waals surface area contributed by atoms with Crippen LogP contribution in [0.2, 0.25) is 0 Å². The highest BCUT2D eigenvalue weighted by atomic mass is 15.5. The summed E-state index contributed by atoms with van der Waals surface area (Å²) < 4.78 is 7.79. The Bertz CT molecular complexity index is 2160. The average Bonchev–Trinajstić information content (AvgIpc) is 3.61. The van der Waals surface area contributed by atoms with Gasteiger partial charge in [-0.05, 0) is 22.4 Å². The van der Waals surface area contributed by atoms with E-state index in [9.17, 15) is 0 Å². The van der Waals surface area contributed by atoms with Crippen LogP contribution in [-0.4, -0.2) is 18.9 Å². The number of rotatable bonds is 6. The van der Waals surface area contributed by atoms with Gasteiger partial charge in [-0.3, -0.25) is 0 Å². The Labute approximate surface area is 248 Å². The molecule has 0 unspecified atom stereocenters. The maximum Gasteiger partial charge on any atom is 0.404 e. The maximum atomic E-state index is 4.80. The highest BCUT2D eigenvalue weighted by Gasteiger charge is 2.23. The second kappa shape index (κ2) is 10.6. The molecule has 0 fully saturated rings. The van der Waals surface area contributed by atoms with Crippen molar-refractivity contribution in [3.05, 3.63) is 109 Å². The molecule has 0 saturated heterocycles. The molecule has 0 aliphatic heterocycles. The SMILES string of the molecule is Cn1nc(N=Nc2c(-c3ccccc3)n(C)c3ccccc23)[n+](C)c1N=Nc1c(-c2ccccc2)n(C)c2ccccc12. The lowest BCUT2D eigenvalue weighted by Gasteiger charge is -2.04. The van der Waals surface area contributed by atoms with Crippen LogP contribution in [0.1, 0.15) is 0 Å². The van der Waals surface area contributed by atoms with Crippen molar-refractivity contribution in [1.82, 2.24) is 18.9 Å². The Hall–Kier alpha value is -5.70. The summed E-state index contributed by atoms with van der Waals surface area (Å²) in [7, 11) is 7.82. The van der Waals surface area contributed by atoms with E-state index < -0.39 is 0 Å². The molecule has 210 valence electrons. The molecule has 43 heavy (non-hydrogen) atoms. The lowest BCUT2D eigenvalue weighted by Crippen LogP contribution is -2.26. The number of hydrogen-bond acceptors (Lipinski definition) is 5. The summed E-state index contributed by atoms with van der Waals surface area (Å²) in [6, 6.07) is 37.0. The Kier molecular flexibility index (Phi) is 6.47. The molecule has 0 bridgehead atoms. The van der Waals surface area contributed by atoms with Crippen LogP contribution in [-0.2, 0) is 28.2 Å². The molecule has 3 heterocycles. The van der Waals surface area contributed by atoms with Crippen molar-refractivity contribution < 1.29 is 4.57 Å². The summed E-state index contributed by atoms with van der Waals surface area (Å²) in [6.45, 7) is 0. The normalized spacial score (nSPS) is 12.0. The van der Waals surface area contributed by atoms with E-state index in [4.69, 9.17) is 10.2 Å². The highest BCUT2D eigenvalue weighted by molar-refractivity contribution is 6.01. The molecule has 9 nitrogen and oxygen atoms in total. The Morgan fingerprint density at radius 2 is 0.977 bits per heavy atom. The summed E-state index contributed by atoms with van der Waals surface area (Å²) in [5, 5.41) is 25.6. The van der Waals surface area contributed by atoms with Gasteiger partial charge in [0.1, 0.15) is 11.4 Å². The van der Waals surface area contributed by atoms with Crippen LogP contribution in [0.5, 0.6) is 0 Å². The van der Waals surface area contributed by atoms with E-state index >= 15 is 0 Å². The minimum Gasteiger partial charge on any atom is -0.342 e. The van der Waals surface area contributed by atoms with Gasteiger partial charge in [0.2, 0.25) is 0 Å². The first-order chi connectivity index (χ1) is 21.0. The van der Waals surface area contributed by atoms with E-state index in [-0.39, 0.29) is 0 Å². The van der Waals surface area contributed by atoms with Crippen LogP contribution in [0.25, 0.3) is 44.3 Å². The Morgan fingerprint density at radius 1 is 0.535 bits per heavy atom. The highest BCUT2D eigenvalue weighted by Crippen LogP contribution is 2.41. The fourth-order valence-electron chi connectivity index (χ4n) is 5.76. The molecule has 0 spiro atoms. The van der Waals surface area contributed by atoms with E-state index in [0.717, 1.165) is 55.7 Å². The predicted molar refractivity (Wildman–Crippen MR) is 169 cm³/mol. The van der Waals surface area contributed by atoms with Crippen LogP contribution < -0.4 is 4.57 Å². The van der Waals surface area contributed by atoms with Crippen molar-refractivity contribution in [2.45, 2.75) is 0 Å². The second-order valence-corrected chi connectivity index (χ2v) is 10.5. The Morgan fingerprint density at radius 3 is 1.49 bits per heavy atom. The molecule has 9 heteroatoms. The zero-order chi connectivity index (χ0) is 29.5. The number of fused-ring (bicyclic) bond motifs is 2. The lowest BCUT2D eigenvalue weighted by molar-refractivity contribution is -0.646. The predicted octanol–water partition coefficient (Wildman–Crippen LogP) is 8.39. The number of benzene rings is 4. The van der Waals surface area contributed by atoms with Gasteiger partial charge in [-0.2, -0.15) is 0 Å². The van der Waals surface area contributed by atoms with E-state index in [2.05, 4.69) is 87.1 Å². The van der Waals surface area contributed by atoms with Gasteiger partial charge in [0, 0.05) is 48.1 Å². The van der Waals surface area contributed by atoms with Gasteiger partial charge in [0.15, 0.2) is 0 Å². The number of hydrogen-bond donors (Lipinski definition) is 0. The zero-order valence-electron chi connectivity index (χ0n) is 24.4. The van der Waals surface area contributed by atoms with E-state index in [1.54, 1.807) is 9.25 Å². The van der Waals surface area contributed by atoms with Crippen LogP contribution in [0.15, 0.2) is 130 Å². The molecule has 0 saturated carbocycles. The minimum absolute atomic E-state index is 0.421. The van der Waals surface area contributed by atoms with Gasteiger partial charge in [0.05, 0.1) is 29.5 Å². The monoisotopic (exact) mass is 564 g/mol. The molecule has 0 atom stereocenters. The van der Waals surface area contributed by atoms with Crippen LogP contribution in [0, 0.1) is 0 Å². The second-order valence-electron chi connectivity index (χ2n) is 10.5. The summed E-state index contributed by atoms with van der Waals surface area (Å²) >= 11 is 0.